The summed E-state index contributed by atoms with van der Waals surface area (Å²) in [6, 6.07) is -0.461. The highest BCUT2D eigenvalue weighted by Gasteiger charge is 2.40. The minimum atomic E-state index is -0.558. The Kier molecular flexibility index (Phi) is 4.53. The summed E-state index contributed by atoms with van der Waals surface area (Å²) in [5.41, 5.74) is -0.558. The van der Waals surface area contributed by atoms with Crippen molar-refractivity contribution in [3.05, 3.63) is 0 Å². The van der Waals surface area contributed by atoms with Crippen LogP contribution in [0, 0.1) is 0 Å². The minimum Gasteiger partial charge on any atom is -0.444 e. The lowest BCUT2D eigenvalue weighted by Gasteiger charge is -2.29. The molecule has 0 unspecified atom stereocenters. The third-order valence-corrected chi connectivity index (χ3v) is 3.01. The van der Waals surface area contributed by atoms with Gasteiger partial charge < -0.3 is 9.64 Å². The number of amides is 2. The van der Waals surface area contributed by atoms with Crippen molar-refractivity contribution >= 4 is 24.6 Å². The zero-order chi connectivity index (χ0) is 14.1. The summed E-state index contributed by atoms with van der Waals surface area (Å²) >= 11 is 4.36. The predicted molar refractivity (Wildman–Crippen MR) is 72.8 cm³/mol. The van der Waals surface area contributed by atoms with Crippen LogP contribution in [0.1, 0.15) is 27.2 Å². The van der Waals surface area contributed by atoms with E-state index in [9.17, 15) is 9.59 Å². The van der Waals surface area contributed by atoms with E-state index in [4.69, 9.17) is 4.74 Å². The molecule has 0 radical (unpaired) electrons. The van der Waals surface area contributed by atoms with E-state index in [0.717, 1.165) is 0 Å². The fourth-order valence-corrected chi connectivity index (χ4v) is 2.24. The van der Waals surface area contributed by atoms with Gasteiger partial charge in [0, 0.05) is 25.9 Å². The normalized spacial score (nSPS) is 24.0. The quantitative estimate of drug-likeness (QED) is 0.735. The third kappa shape index (κ3) is 3.80. The molecule has 1 rings (SSSR count). The molecule has 6 heteroatoms. The van der Waals surface area contributed by atoms with Gasteiger partial charge in [0.15, 0.2) is 0 Å². The second-order valence-electron chi connectivity index (χ2n) is 5.77. The molecule has 2 amide bonds. The first kappa shape index (κ1) is 15.1. The molecule has 104 valence electrons. The summed E-state index contributed by atoms with van der Waals surface area (Å²) in [5, 5.41) is 0.0198. The van der Waals surface area contributed by atoms with E-state index in [1.54, 1.807) is 14.1 Å². The summed E-state index contributed by atoms with van der Waals surface area (Å²) in [4.78, 5) is 27.0. The van der Waals surface area contributed by atoms with Crippen LogP contribution in [0.3, 0.4) is 0 Å². The van der Waals surface area contributed by atoms with Crippen LogP contribution in [-0.2, 0) is 9.53 Å². The molecule has 1 heterocycles. The van der Waals surface area contributed by atoms with Crippen molar-refractivity contribution in [2.75, 3.05) is 20.6 Å². The first-order valence-electron chi connectivity index (χ1n) is 6.00. The molecule has 0 aromatic rings. The monoisotopic (exact) mass is 274 g/mol. The molecule has 1 fully saturated rings. The average Bonchev–Trinajstić information content (AvgIpc) is 2.56. The smallest absolute Gasteiger partial charge is 0.411 e. The van der Waals surface area contributed by atoms with Crippen LogP contribution < -0.4 is 0 Å². The molecule has 1 aliphatic heterocycles. The Morgan fingerprint density at radius 1 is 1.33 bits per heavy atom. The van der Waals surface area contributed by atoms with Crippen LogP contribution >= 0.6 is 12.6 Å². The number of ether oxygens (including phenoxy) is 1. The van der Waals surface area contributed by atoms with Crippen molar-refractivity contribution in [3.63, 3.8) is 0 Å². The van der Waals surface area contributed by atoms with Crippen molar-refractivity contribution in [1.29, 1.82) is 0 Å². The zero-order valence-corrected chi connectivity index (χ0v) is 12.5. The van der Waals surface area contributed by atoms with E-state index in [1.807, 2.05) is 20.8 Å². The van der Waals surface area contributed by atoms with Gasteiger partial charge in [0.05, 0.1) is 0 Å². The van der Waals surface area contributed by atoms with Crippen molar-refractivity contribution in [1.82, 2.24) is 9.80 Å². The molecule has 0 bridgehead atoms. The van der Waals surface area contributed by atoms with Crippen LogP contribution in [0.15, 0.2) is 0 Å². The fourth-order valence-electron chi connectivity index (χ4n) is 1.87. The van der Waals surface area contributed by atoms with E-state index in [-0.39, 0.29) is 11.2 Å². The number of carbonyl (C=O) groups excluding carboxylic acids is 2. The Bertz CT molecular complexity index is 339. The number of rotatable bonds is 1. The lowest BCUT2D eigenvalue weighted by atomic mass is 10.2. The van der Waals surface area contributed by atoms with Crippen molar-refractivity contribution in [3.8, 4) is 0 Å². The van der Waals surface area contributed by atoms with Crippen LogP contribution in [0.25, 0.3) is 0 Å². The van der Waals surface area contributed by atoms with Crippen molar-refractivity contribution < 1.29 is 14.3 Å². The Morgan fingerprint density at radius 3 is 2.33 bits per heavy atom. The Morgan fingerprint density at radius 2 is 1.89 bits per heavy atom. The van der Waals surface area contributed by atoms with Crippen molar-refractivity contribution in [2.45, 2.75) is 44.1 Å². The Labute approximate surface area is 114 Å². The van der Waals surface area contributed by atoms with Gasteiger partial charge >= 0.3 is 6.09 Å². The van der Waals surface area contributed by atoms with Gasteiger partial charge in [0.2, 0.25) is 5.91 Å². The van der Waals surface area contributed by atoms with Gasteiger partial charge in [-0.1, -0.05) is 0 Å². The van der Waals surface area contributed by atoms with Crippen LogP contribution in [0.2, 0.25) is 0 Å². The van der Waals surface area contributed by atoms with E-state index in [1.165, 1.54) is 9.80 Å². The first-order chi connectivity index (χ1) is 8.11. The van der Waals surface area contributed by atoms with Gasteiger partial charge in [-0.2, -0.15) is 12.6 Å². The topological polar surface area (TPSA) is 49.9 Å². The first-order valence-corrected chi connectivity index (χ1v) is 6.52. The van der Waals surface area contributed by atoms with Gasteiger partial charge in [-0.15, -0.1) is 0 Å². The van der Waals surface area contributed by atoms with Crippen LogP contribution in [0.4, 0.5) is 4.79 Å². The maximum Gasteiger partial charge on any atom is 0.411 e. The number of hydrogen-bond donors (Lipinski definition) is 1. The standard InChI is InChI=1S/C12H22N2O3S/c1-12(2,3)17-11(16)14-7-8(18)6-9(14)10(15)13(4)5/h8-9,18H,6-7H2,1-5H3/t8-,9-/m0/s1. The van der Waals surface area contributed by atoms with Gasteiger partial charge in [0.1, 0.15) is 11.6 Å². The van der Waals surface area contributed by atoms with Crippen LogP contribution in [0.5, 0.6) is 0 Å². The number of nitrogens with zero attached hydrogens (tertiary/aromatic N) is 2. The number of likely N-dealkylation sites (tertiary alicyclic amines) is 1. The summed E-state index contributed by atoms with van der Waals surface area (Å²) < 4.78 is 5.31. The maximum absolute atomic E-state index is 12.0. The largest absolute Gasteiger partial charge is 0.444 e. The second kappa shape index (κ2) is 5.38. The number of carbonyl (C=O) groups is 2. The highest BCUT2D eigenvalue weighted by molar-refractivity contribution is 7.81. The maximum atomic E-state index is 12.0. The summed E-state index contributed by atoms with van der Waals surface area (Å²) in [6.45, 7) is 5.87. The molecule has 0 aromatic carbocycles. The number of likely N-dealkylation sites (N-methyl/N-ethyl adjacent to an activating group) is 1. The predicted octanol–water partition coefficient (Wildman–Crippen LogP) is 1.38. The zero-order valence-electron chi connectivity index (χ0n) is 11.6. The molecule has 0 aliphatic carbocycles. The van der Waals surface area contributed by atoms with E-state index in [2.05, 4.69) is 12.6 Å². The molecular formula is C12H22N2O3S. The molecule has 2 atom stereocenters. The molecule has 1 aliphatic rings. The van der Waals surface area contributed by atoms with Crippen molar-refractivity contribution in [2.24, 2.45) is 0 Å². The lowest BCUT2D eigenvalue weighted by Crippen LogP contribution is -2.47. The minimum absolute atomic E-state index is 0.0198. The fraction of sp³-hybridized carbons (Fsp3) is 0.833. The summed E-state index contributed by atoms with van der Waals surface area (Å²) in [5.74, 6) is -0.0857. The summed E-state index contributed by atoms with van der Waals surface area (Å²) in [6.07, 6.45) is 0.124. The highest BCUT2D eigenvalue weighted by Crippen LogP contribution is 2.25. The van der Waals surface area contributed by atoms with E-state index < -0.39 is 17.7 Å². The molecule has 5 nitrogen and oxygen atoms in total. The average molecular weight is 274 g/mol. The molecule has 0 saturated carbocycles. The SMILES string of the molecule is CN(C)C(=O)[C@@H]1C[C@H](S)CN1C(=O)OC(C)(C)C. The Hall–Kier alpha value is -0.910. The lowest BCUT2D eigenvalue weighted by molar-refractivity contribution is -0.133. The molecule has 1 saturated heterocycles. The number of thiol groups is 1. The van der Waals surface area contributed by atoms with Gasteiger partial charge in [-0.25, -0.2) is 4.79 Å². The Balaban J connectivity index is 2.79. The molecule has 18 heavy (non-hydrogen) atoms. The second-order valence-corrected chi connectivity index (χ2v) is 6.50. The van der Waals surface area contributed by atoms with Gasteiger partial charge in [0.25, 0.3) is 0 Å². The highest BCUT2D eigenvalue weighted by atomic mass is 32.1. The van der Waals surface area contributed by atoms with Gasteiger partial charge in [-0.3, -0.25) is 9.69 Å². The van der Waals surface area contributed by atoms with Gasteiger partial charge in [-0.05, 0) is 27.2 Å². The summed E-state index contributed by atoms with van der Waals surface area (Å²) in [7, 11) is 3.36. The van der Waals surface area contributed by atoms with Crippen LogP contribution in [-0.4, -0.2) is 59.3 Å². The molecule has 0 N–H and O–H groups in total. The van der Waals surface area contributed by atoms with E-state index >= 15 is 0 Å². The van der Waals surface area contributed by atoms with E-state index in [0.29, 0.717) is 13.0 Å². The number of hydrogen-bond acceptors (Lipinski definition) is 4. The molecular weight excluding hydrogens is 252 g/mol. The molecule has 0 spiro atoms. The third-order valence-electron chi connectivity index (χ3n) is 2.63. The molecule has 0 aromatic heterocycles.